The van der Waals surface area contributed by atoms with Crippen molar-refractivity contribution in [3.05, 3.63) is 0 Å². The van der Waals surface area contributed by atoms with E-state index in [0.717, 1.165) is 31.4 Å². The van der Waals surface area contributed by atoms with E-state index in [1.165, 1.54) is 0 Å². The van der Waals surface area contributed by atoms with Gasteiger partial charge in [0.15, 0.2) is 0 Å². The average molecular weight is 236 g/mol. The van der Waals surface area contributed by atoms with E-state index < -0.39 is 0 Å². The van der Waals surface area contributed by atoms with Crippen LogP contribution in [0.5, 0.6) is 0 Å². The predicted molar refractivity (Wildman–Crippen MR) is 63.0 cm³/mol. The standard InChI is InChI=1S/C11H21FO2S/c1-2-8-14-11(13)10-15-9-6-4-3-5-7-12/h2-10H2,1H3. The van der Waals surface area contributed by atoms with Crippen molar-refractivity contribution in [2.75, 3.05) is 24.8 Å². The summed E-state index contributed by atoms with van der Waals surface area (Å²) in [5, 5.41) is 0. The van der Waals surface area contributed by atoms with Crippen LogP contribution < -0.4 is 0 Å². The van der Waals surface area contributed by atoms with Crippen molar-refractivity contribution in [3.63, 3.8) is 0 Å². The summed E-state index contributed by atoms with van der Waals surface area (Å²) in [6, 6.07) is 0. The Labute approximate surface area is 96.0 Å². The first kappa shape index (κ1) is 14.8. The zero-order chi connectivity index (χ0) is 11.4. The van der Waals surface area contributed by atoms with E-state index in [9.17, 15) is 9.18 Å². The molecule has 0 saturated carbocycles. The Kier molecular flexibility index (Phi) is 11.6. The highest BCUT2D eigenvalue weighted by atomic mass is 32.2. The summed E-state index contributed by atoms with van der Waals surface area (Å²) in [6.07, 6.45) is 4.62. The maximum atomic E-state index is 11.7. The number of carbonyl (C=O) groups is 1. The predicted octanol–water partition coefficient (Wildman–Crippen LogP) is 3.20. The van der Waals surface area contributed by atoms with Crippen molar-refractivity contribution < 1.29 is 13.9 Å². The molecule has 4 heteroatoms. The molecule has 0 amide bonds. The third-order valence-electron chi connectivity index (χ3n) is 1.86. The highest BCUT2D eigenvalue weighted by Crippen LogP contribution is 2.08. The topological polar surface area (TPSA) is 26.3 Å². The number of esters is 1. The van der Waals surface area contributed by atoms with E-state index >= 15 is 0 Å². The molecule has 15 heavy (non-hydrogen) atoms. The minimum atomic E-state index is -0.212. The molecule has 2 nitrogen and oxygen atoms in total. The molecular weight excluding hydrogens is 215 g/mol. The lowest BCUT2D eigenvalue weighted by Gasteiger charge is -2.02. The quantitative estimate of drug-likeness (QED) is 0.430. The molecule has 0 N–H and O–H groups in total. The molecule has 0 rings (SSSR count). The van der Waals surface area contributed by atoms with Crippen molar-refractivity contribution >= 4 is 17.7 Å². The number of carbonyl (C=O) groups excluding carboxylic acids is 1. The lowest BCUT2D eigenvalue weighted by Crippen LogP contribution is -2.08. The Morgan fingerprint density at radius 3 is 2.67 bits per heavy atom. The highest BCUT2D eigenvalue weighted by Gasteiger charge is 2.01. The molecular formula is C11H21FO2S. The number of unbranched alkanes of at least 4 members (excludes halogenated alkanes) is 3. The van der Waals surface area contributed by atoms with Crippen LogP contribution in [0, 0.1) is 0 Å². The fraction of sp³-hybridized carbons (Fsp3) is 0.909. The molecule has 0 aromatic carbocycles. The molecule has 0 aromatic heterocycles. The number of alkyl halides is 1. The van der Waals surface area contributed by atoms with Crippen LogP contribution in [0.3, 0.4) is 0 Å². The lowest BCUT2D eigenvalue weighted by molar-refractivity contribution is -0.140. The zero-order valence-electron chi connectivity index (χ0n) is 9.47. The fourth-order valence-corrected chi connectivity index (χ4v) is 1.87. The van der Waals surface area contributed by atoms with E-state index in [4.69, 9.17) is 4.74 Å². The molecule has 90 valence electrons. The van der Waals surface area contributed by atoms with Gasteiger partial charge in [0.1, 0.15) is 0 Å². The molecule has 0 spiro atoms. The average Bonchev–Trinajstić information content (AvgIpc) is 2.25. The molecule has 0 aliphatic carbocycles. The molecule has 0 aliphatic rings. The molecule has 0 bridgehead atoms. The van der Waals surface area contributed by atoms with Gasteiger partial charge in [-0.2, -0.15) is 11.8 Å². The van der Waals surface area contributed by atoms with Crippen molar-refractivity contribution in [3.8, 4) is 0 Å². The second kappa shape index (κ2) is 11.8. The first-order valence-electron chi connectivity index (χ1n) is 5.60. The monoisotopic (exact) mass is 236 g/mol. The lowest BCUT2D eigenvalue weighted by atomic mass is 10.2. The summed E-state index contributed by atoms with van der Waals surface area (Å²) >= 11 is 1.60. The SMILES string of the molecule is CCCOC(=O)CSCCCCCCF. The fourth-order valence-electron chi connectivity index (χ4n) is 1.07. The first-order chi connectivity index (χ1) is 7.31. The molecule has 0 aromatic rings. The molecule has 0 atom stereocenters. The van der Waals surface area contributed by atoms with Crippen LogP contribution in [0.15, 0.2) is 0 Å². The van der Waals surface area contributed by atoms with Crippen LogP contribution in [0.2, 0.25) is 0 Å². The smallest absolute Gasteiger partial charge is 0.315 e. The van der Waals surface area contributed by atoms with Crippen molar-refractivity contribution in [1.29, 1.82) is 0 Å². The first-order valence-corrected chi connectivity index (χ1v) is 6.76. The molecule has 0 aliphatic heterocycles. The van der Waals surface area contributed by atoms with Gasteiger partial charge in [0.2, 0.25) is 0 Å². The largest absolute Gasteiger partial charge is 0.465 e. The Morgan fingerprint density at radius 1 is 1.27 bits per heavy atom. The maximum Gasteiger partial charge on any atom is 0.315 e. The molecule has 0 saturated heterocycles. The summed E-state index contributed by atoms with van der Waals surface area (Å²) in [6.45, 7) is 2.29. The summed E-state index contributed by atoms with van der Waals surface area (Å²) in [7, 11) is 0. The number of hydrogen-bond acceptors (Lipinski definition) is 3. The maximum absolute atomic E-state index is 11.7. The third-order valence-corrected chi connectivity index (χ3v) is 2.88. The van der Waals surface area contributed by atoms with Gasteiger partial charge in [0, 0.05) is 0 Å². The normalized spacial score (nSPS) is 10.3. The Bertz CT molecular complexity index is 154. The highest BCUT2D eigenvalue weighted by molar-refractivity contribution is 7.99. The second-order valence-corrected chi connectivity index (χ2v) is 4.48. The third kappa shape index (κ3) is 11.7. The number of rotatable bonds is 10. The minimum absolute atomic E-state index is 0.120. The van der Waals surface area contributed by atoms with Gasteiger partial charge in [-0.1, -0.05) is 19.8 Å². The van der Waals surface area contributed by atoms with Crippen LogP contribution in [0.25, 0.3) is 0 Å². The van der Waals surface area contributed by atoms with Crippen molar-refractivity contribution in [2.24, 2.45) is 0 Å². The Hall–Kier alpha value is -0.250. The molecule has 0 heterocycles. The summed E-state index contributed by atoms with van der Waals surface area (Å²) in [4.78, 5) is 11.0. The summed E-state index contributed by atoms with van der Waals surface area (Å²) < 4.78 is 16.7. The van der Waals surface area contributed by atoms with Crippen LogP contribution >= 0.6 is 11.8 Å². The van der Waals surface area contributed by atoms with Gasteiger partial charge >= 0.3 is 5.97 Å². The van der Waals surface area contributed by atoms with Crippen LogP contribution in [-0.2, 0) is 9.53 Å². The summed E-state index contributed by atoms with van der Waals surface area (Å²) in [5.41, 5.74) is 0. The van der Waals surface area contributed by atoms with E-state index in [1.807, 2.05) is 6.92 Å². The second-order valence-electron chi connectivity index (χ2n) is 3.38. The number of ether oxygens (including phenoxy) is 1. The van der Waals surface area contributed by atoms with E-state index in [1.54, 1.807) is 11.8 Å². The van der Waals surface area contributed by atoms with E-state index in [0.29, 0.717) is 18.8 Å². The molecule has 0 radical (unpaired) electrons. The Balaban J connectivity index is 3.06. The van der Waals surface area contributed by atoms with Gasteiger partial charge in [0.05, 0.1) is 19.0 Å². The van der Waals surface area contributed by atoms with Crippen LogP contribution in [0.1, 0.15) is 39.0 Å². The van der Waals surface area contributed by atoms with Gasteiger partial charge in [-0.3, -0.25) is 9.18 Å². The Morgan fingerprint density at radius 2 is 2.00 bits per heavy atom. The van der Waals surface area contributed by atoms with E-state index in [-0.39, 0.29) is 12.6 Å². The van der Waals surface area contributed by atoms with Crippen LogP contribution in [0.4, 0.5) is 4.39 Å². The minimum Gasteiger partial charge on any atom is -0.465 e. The molecule has 0 unspecified atom stereocenters. The zero-order valence-corrected chi connectivity index (χ0v) is 10.3. The van der Waals surface area contributed by atoms with Gasteiger partial charge in [-0.25, -0.2) is 0 Å². The number of halogens is 1. The van der Waals surface area contributed by atoms with Gasteiger partial charge in [0.25, 0.3) is 0 Å². The van der Waals surface area contributed by atoms with Crippen molar-refractivity contribution in [1.82, 2.24) is 0 Å². The number of thioether (sulfide) groups is 1. The summed E-state index contributed by atoms with van der Waals surface area (Å²) in [5.74, 6) is 1.29. The van der Waals surface area contributed by atoms with Crippen molar-refractivity contribution in [2.45, 2.75) is 39.0 Å². The number of hydrogen-bond donors (Lipinski definition) is 0. The molecule has 0 fully saturated rings. The van der Waals surface area contributed by atoms with Gasteiger partial charge < -0.3 is 4.74 Å². The van der Waals surface area contributed by atoms with Crippen LogP contribution in [-0.4, -0.2) is 30.8 Å². The van der Waals surface area contributed by atoms with Gasteiger partial charge in [-0.05, 0) is 25.0 Å². The van der Waals surface area contributed by atoms with E-state index in [2.05, 4.69) is 0 Å². The van der Waals surface area contributed by atoms with Gasteiger partial charge in [-0.15, -0.1) is 0 Å².